The van der Waals surface area contributed by atoms with Gasteiger partial charge in [-0.3, -0.25) is 10.1 Å². The fourth-order valence-electron chi connectivity index (χ4n) is 1.50. The fourth-order valence-corrected chi connectivity index (χ4v) is 2.96. The highest BCUT2D eigenvalue weighted by atomic mass is 35.5. The van der Waals surface area contributed by atoms with Crippen LogP contribution in [0.2, 0.25) is 5.02 Å². The van der Waals surface area contributed by atoms with E-state index in [2.05, 4.69) is 0 Å². The number of halogens is 1. The van der Waals surface area contributed by atoms with Crippen LogP contribution in [0.5, 0.6) is 0 Å². The van der Waals surface area contributed by atoms with Crippen LogP contribution in [0.1, 0.15) is 6.92 Å². The summed E-state index contributed by atoms with van der Waals surface area (Å²) in [5.74, 6) is -0.489. The zero-order chi connectivity index (χ0) is 15.5. The van der Waals surface area contributed by atoms with E-state index in [1.54, 1.807) is 6.92 Å². The Bertz CT molecular complexity index is 669. The molecule has 0 aliphatic carbocycles. The average Bonchev–Trinajstić information content (AvgIpc) is 2.38. The number of nitro benzene ring substituents is 1. The number of benzene rings is 1. The first kappa shape index (κ1) is 16.4. The Balaban J connectivity index is 3.20. The van der Waals surface area contributed by atoms with Gasteiger partial charge in [0, 0.05) is 19.7 Å². The molecule has 9 heteroatoms. The lowest BCUT2D eigenvalue weighted by atomic mass is 10.2. The van der Waals surface area contributed by atoms with Gasteiger partial charge in [0.2, 0.25) is 10.0 Å². The molecule has 0 heterocycles. The third-order valence-electron chi connectivity index (χ3n) is 2.57. The lowest BCUT2D eigenvalue weighted by Gasteiger charge is -2.18. The van der Waals surface area contributed by atoms with Crippen molar-refractivity contribution in [3.63, 3.8) is 0 Å². The first-order valence-corrected chi connectivity index (χ1v) is 7.32. The van der Waals surface area contributed by atoms with Crippen LogP contribution in [0.4, 0.5) is 5.69 Å². The topological polar surface area (TPSA) is 104 Å². The van der Waals surface area contributed by atoms with Gasteiger partial charge < -0.3 is 0 Å². The van der Waals surface area contributed by atoms with Crippen LogP contribution in [-0.2, 0) is 10.0 Å². The van der Waals surface area contributed by atoms with Gasteiger partial charge in [-0.05, 0) is 19.1 Å². The second-order valence-corrected chi connectivity index (χ2v) is 6.64. The van der Waals surface area contributed by atoms with Crippen molar-refractivity contribution in [3.8, 4) is 6.07 Å². The predicted molar refractivity (Wildman–Crippen MR) is 72.7 cm³/mol. The van der Waals surface area contributed by atoms with Crippen LogP contribution in [0.3, 0.4) is 0 Å². The van der Waals surface area contributed by atoms with Gasteiger partial charge in [-0.2, -0.15) is 9.57 Å². The molecule has 0 saturated carbocycles. The first-order valence-electron chi connectivity index (χ1n) is 5.50. The van der Waals surface area contributed by atoms with Crippen molar-refractivity contribution in [2.45, 2.75) is 11.8 Å². The van der Waals surface area contributed by atoms with Crippen LogP contribution in [0, 0.1) is 27.4 Å². The summed E-state index contributed by atoms with van der Waals surface area (Å²) >= 11 is 5.63. The molecule has 0 saturated heterocycles. The molecule has 0 radical (unpaired) electrons. The van der Waals surface area contributed by atoms with E-state index in [4.69, 9.17) is 16.9 Å². The van der Waals surface area contributed by atoms with Gasteiger partial charge in [-0.15, -0.1) is 0 Å². The van der Waals surface area contributed by atoms with Crippen molar-refractivity contribution < 1.29 is 13.3 Å². The van der Waals surface area contributed by atoms with E-state index < -0.39 is 26.6 Å². The molecule has 0 aliphatic rings. The standard InChI is InChI=1S/C11H12ClN3O4S/c1-8(6-13)7-14(2)20(18,19)9-3-4-10(12)11(5-9)15(16)17/h3-5,8H,7H2,1-2H3. The molecule has 20 heavy (non-hydrogen) atoms. The highest BCUT2D eigenvalue weighted by molar-refractivity contribution is 7.89. The minimum Gasteiger partial charge on any atom is -0.258 e. The molecule has 1 aromatic rings. The van der Waals surface area contributed by atoms with E-state index in [-0.39, 0.29) is 16.5 Å². The molecule has 108 valence electrons. The quantitative estimate of drug-likeness (QED) is 0.610. The van der Waals surface area contributed by atoms with Crippen LogP contribution in [0.15, 0.2) is 23.1 Å². The van der Waals surface area contributed by atoms with Crippen molar-refractivity contribution in [3.05, 3.63) is 33.3 Å². The highest BCUT2D eigenvalue weighted by Crippen LogP contribution is 2.28. The monoisotopic (exact) mass is 317 g/mol. The van der Waals surface area contributed by atoms with Crippen molar-refractivity contribution in [2.75, 3.05) is 13.6 Å². The van der Waals surface area contributed by atoms with Crippen molar-refractivity contribution in [1.82, 2.24) is 4.31 Å². The first-order chi connectivity index (χ1) is 9.20. The van der Waals surface area contributed by atoms with E-state index in [0.717, 1.165) is 16.4 Å². The number of hydrogen-bond donors (Lipinski definition) is 0. The lowest BCUT2D eigenvalue weighted by Crippen LogP contribution is -2.30. The van der Waals surface area contributed by atoms with Gasteiger partial charge in [0.05, 0.1) is 21.8 Å². The van der Waals surface area contributed by atoms with E-state index in [1.165, 1.54) is 13.1 Å². The molecule has 1 unspecified atom stereocenters. The summed E-state index contributed by atoms with van der Waals surface area (Å²) in [6.07, 6.45) is 0. The normalized spacial score (nSPS) is 12.9. The number of nitriles is 1. The zero-order valence-corrected chi connectivity index (χ0v) is 12.3. The Morgan fingerprint density at radius 2 is 2.15 bits per heavy atom. The molecule has 7 nitrogen and oxygen atoms in total. The van der Waals surface area contributed by atoms with Crippen molar-refractivity contribution in [1.29, 1.82) is 5.26 Å². The van der Waals surface area contributed by atoms with Gasteiger partial charge in [-0.25, -0.2) is 8.42 Å². The Morgan fingerprint density at radius 3 is 2.65 bits per heavy atom. The smallest absolute Gasteiger partial charge is 0.258 e. The number of nitro groups is 1. The summed E-state index contributed by atoms with van der Waals surface area (Å²) in [5, 5.41) is 19.3. The molecule has 0 bridgehead atoms. The second-order valence-electron chi connectivity index (χ2n) is 4.19. The summed E-state index contributed by atoms with van der Waals surface area (Å²) < 4.78 is 25.4. The maximum Gasteiger partial charge on any atom is 0.289 e. The van der Waals surface area contributed by atoms with E-state index in [1.807, 2.05) is 6.07 Å². The fraction of sp³-hybridized carbons (Fsp3) is 0.364. The minimum absolute atomic E-state index is 0.00470. The molecule has 0 aliphatic heterocycles. The zero-order valence-electron chi connectivity index (χ0n) is 10.8. The molecule has 1 atom stereocenters. The van der Waals surface area contributed by atoms with Crippen LogP contribution in [-0.4, -0.2) is 31.2 Å². The Labute approximate surface area is 121 Å². The molecule has 1 rings (SSSR count). The summed E-state index contributed by atoms with van der Waals surface area (Å²) in [4.78, 5) is 9.78. The summed E-state index contributed by atoms with van der Waals surface area (Å²) in [7, 11) is -2.59. The third kappa shape index (κ3) is 3.45. The van der Waals surface area contributed by atoms with Gasteiger partial charge in [-0.1, -0.05) is 11.6 Å². The van der Waals surface area contributed by atoms with Gasteiger partial charge in [0.1, 0.15) is 5.02 Å². The molecule has 0 fully saturated rings. The molecule has 0 N–H and O–H groups in total. The van der Waals surface area contributed by atoms with E-state index in [0.29, 0.717) is 0 Å². The Hall–Kier alpha value is -1.69. The largest absolute Gasteiger partial charge is 0.289 e. The molecular weight excluding hydrogens is 306 g/mol. The summed E-state index contributed by atoms with van der Waals surface area (Å²) in [6.45, 7) is 1.57. The maximum absolute atomic E-state index is 12.2. The highest BCUT2D eigenvalue weighted by Gasteiger charge is 2.25. The molecule has 0 amide bonds. The number of sulfonamides is 1. The predicted octanol–water partition coefficient (Wildman–Crippen LogP) is 2.03. The minimum atomic E-state index is -3.90. The number of rotatable bonds is 5. The lowest BCUT2D eigenvalue weighted by molar-refractivity contribution is -0.384. The van der Waals surface area contributed by atoms with Crippen LogP contribution >= 0.6 is 11.6 Å². The van der Waals surface area contributed by atoms with Crippen molar-refractivity contribution >= 4 is 27.3 Å². The van der Waals surface area contributed by atoms with Crippen molar-refractivity contribution in [2.24, 2.45) is 5.92 Å². The average molecular weight is 318 g/mol. The Kier molecular flexibility index (Phi) is 5.05. The van der Waals surface area contributed by atoms with Gasteiger partial charge in [0.25, 0.3) is 5.69 Å². The summed E-state index contributed by atoms with van der Waals surface area (Å²) in [5.41, 5.74) is -0.477. The van der Waals surface area contributed by atoms with Crippen LogP contribution in [0.25, 0.3) is 0 Å². The second kappa shape index (κ2) is 6.17. The number of nitrogens with zero attached hydrogens (tertiary/aromatic N) is 3. The van der Waals surface area contributed by atoms with E-state index >= 15 is 0 Å². The molecule has 1 aromatic carbocycles. The Morgan fingerprint density at radius 1 is 1.55 bits per heavy atom. The molecule has 0 spiro atoms. The maximum atomic E-state index is 12.2. The summed E-state index contributed by atoms with van der Waals surface area (Å²) in [6, 6.07) is 5.18. The SMILES string of the molecule is CC(C#N)CN(C)S(=O)(=O)c1ccc(Cl)c([N+](=O)[O-])c1. The van der Waals surface area contributed by atoms with Crippen LogP contribution < -0.4 is 0 Å². The van der Waals surface area contributed by atoms with E-state index in [9.17, 15) is 18.5 Å². The number of hydrogen-bond acceptors (Lipinski definition) is 5. The van der Waals surface area contributed by atoms with Gasteiger partial charge >= 0.3 is 0 Å². The van der Waals surface area contributed by atoms with Gasteiger partial charge in [0.15, 0.2) is 0 Å². The molecular formula is C11H12ClN3O4S. The third-order valence-corrected chi connectivity index (χ3v) is 4.71. The molecule has 0 aromatic heterocycles.